The maximum absolute atomic E-state index is 12.1. The molecule has 0 aliphatic rings. The minimum atomic E-state index is -0.535. The van der Waals surface area contributed by atoms with Crippen molar-refractivity contribution in [2.24, 2.45) is 0 Å². The number of anilines is 1. The van der Waals surface area contributed by atoms with E-state index in [-0.39, 0.29) is 18.1 Å². The number of hydrazine groups is 1. The summed E-state index contributed by atoms with van der Waals surface area (Å²) in [7, 11) is 0. The predicted octanol–water partition coefficient (Wildman–Crippen LogP) is 1.88. The summed E-state index contributed by atoms with van der Waals surface area (Å²) in [6, 6.07) is 13.3. The van der Waals surface area contributed by atoms with Crippen LogP contribution in [0.4, 0.5) is 5.69 Å². The van der Waals surface area contributed by atoms with Crippen molar-refractivity contribution in [1.29, 1.82) is 0 Å². The highest BCUT2D eigenvalue weighted by Gasteiger charge is 2.10. The first kappa shape index (κ1) is 19.8. The fourth-order valence-corrected chi connectivity index (χ4v) is 2.16. The highest BCUT2D eigenvalue weighted by molar-refractivity contribution is 5.97. The van der Waals surface area contributed by atoms with Crippen LogP contribution in [0.1, 0.15) is 24.2 Å². The molecule has 2 rings (SSSR count). The summed E-state index contributed by atoms with van der Waals surface area (Å²) < 4.78 is 10.8. The van der Waals surface area contributed by atoms with E-state index in [2.05, 4.69) is 16.2 Å². The van der Waals surface area contributed by atoms with Gasteiger partial charge in [-0.15, -0.1) is 0 Å². The molecule has 142 valence electrons. The zero-order valence-corrected chi connectivity index (χ0v) is 15.1. The third-order valence-electron chi connectivity index (χ3n) is 3.27. The van der Waals surface area contributed by atoms with E-state index in [1.165, 1.54) is 13.0 Å². The van der Waals surface area contributed by atoms with Crippen LogP contribution in [-0.2, 0) is 9.59 Å². The van der Waals surface area contributed by atoms with Crippen LogP contribution in [0.15, 0.2) is 48.5 Å². The van der Waals surface area contributed by atoms with Crippen LogP contribution in [0.25, 0.3) is 0 Å². The van der Waals surface area contributed by atoms with Gasteiger partial charge in [-0.05, 0) is 37.3 Å². The molecular formula is C19H21N3O5. The molecule has 0 fully saturated rings. The highest BCUT2D eigenvalue weighted by atomic mass is 16.5. The predicted molar refractivity (Wildman–Crippen MR) is 99.5 cm³/mol. The molecular weight excluding hydrogens is 350 g/mol. The molecule has 0 saturated heterocycles. The van der Waals surface area contributed by atoms with Crippen LogP contribution in [-0.4, -0.2) is 30.9 Å². The number of benzene rings is 2. The van der Waals surface area contributed by atoms with E-state index >= 15 is 0 Å². The van der Waals surface area contributed by atoms with E-state index in [0.717, 1.165) is 0 Å². The van der Waals surface area contributed by atoms with Gasteiger partial charge in [0, 0.05) is 18.2 Å². The van der Waals surface area contributed by atoms with Gasteiger partial charge in [0.1, 0.15) is 0 Å². The molecule has 2 aromatic rings. The summed E-state index contributed by atoms with van der Waals surface area (Å²) in [5, 5.41) is 2.58. The van der Waals surface area contributed by atoms with E-state index in [1.54, 1.807) is 42.5 Å². The van der Waals surface area contributed by atoms with Gasteiger partial charge in [-0.25, -0.2) is 0 Å². The number of para-hydroxylation sites is 2. The number of nitrogens with one attached hydrogen (secondary N) is 3. The van der Waals surface area contributed by atoms with Gasteiger partial charge in [-0.3, -0.25) is 25.2 Å². The first-order valence-electron chi connectivity index (χ1n) is 8.31. The second kappa shape index (κ2) is 9.81. The molecule has 2 aromatic carbocycles. The largest absolute Gasteiger partial charge is 0.490 e. The van der Waals surface area contributed by atoms with E-state index in [1.807, 2.05) is 6.92 Å². The lowest BCUT2D eigenvalue weighted by molar-refractivity contribution is -0.123. The van der Waals surface area contributed by atoms with Gasteiger partial charge in [-0.2, -0.15) is 0 Å². The molecule has 0 heterocycles. The third-order valence-corrected chi connectivity index (χ3v) is 3.27. The van der Waals surface area contributed by atoms with Gasteiger partial charge >= 0.3 is 0 Å². The van der Waals surface area contributed by atoms with Crippen molar-refractivity contribution in [3.05, 3.63) is 54.1 Å². The van der Waals surface area contributed by atoms with Crippen molar-refractivity contribution in [2.75, 3.05) is 18.5 Å². The molecule has 0 spiro atoms. The number of carbonyl (C=O) groups is 3. The van der Waals surface area contributed by atoms with Crippen LogP contribution in [0.3, 0.4) is 0 Å². The molecule has 0 aromatic heterocycles. The smallest absolute Gasteiger partial charge is 0.276 e. The van der Waals surface area contributed by atoms with Gasteiger partial charge in [-0.1, -0.05) is 18.2 Å². The lowest BCUT2D eigenvalue weighted by Crippen LogP contribution is -2.43. The molecule has 0 aliphatic heterocycles. The molecule has 0 saturated carbocycles. The maximum atomic E-state index is 12.1. The highest BCUT2D eigenvalue weighted by Crippen LogP contribution is 2.26. The number of ether oxygens (including phenoxy) is 2. The van der Waals surface area contributed by atoms with Gasteiger partial charge in [0.15, 0.2) is 18.1 Å². The minimum absolute atomic E-state index is 0.245. The summed E-state index contributed by atoms with van der Waals surface area (Å²) >= 11 is 0. The van der Waals surface area contributed by atoms with E-state index in [0.29, 0.717) is 23.8 Å². The van der Waals surface area contributed by atoms with Crippen LogP contribution < -0.4 is 25.6 Å². The number of hydrogen-bond donors (Lipinski definition) is 3. The Morgan fingerprint density at radius 3 is 2.30 bits per heavy atom. The quantitative estimate of drug-likeness (QED) is 0.645. The summed E-state index contributed by atoms with van der Waals surface area (Å²) in [5.41, 5.74) is 5.33. The van der Waals surface area contributed by atoms with Gasteiger partial charge in [0.25, 0.3) is 11.8 Å². The van der Waals surface area contributed by atoms with Crippen molar-refractivity contribution in [2.45, 2.75) is 13.8 Å². The summed E-state index contributed by atoms with van der Waals surface area (Å²) in [6.45, 7) is 3.40. The first-order chi connectivity index (χ1) is 13.0. The maximum Gasteiger partial charge on any atom is 0.276 e. The van der Waals surface area contributed by atoms with E-state index < -0.39 is 11.8 Å². The number of amides is 3. The van der Waals surface area contributed by atoms with Crippen molar-refractivity contribution in [3.8, 4) is 11.5 Å². The number of rotatable bonds is 7. The van der Waals surface area contributed by atoms with Crippen molar-refractivity contribution in [1.82, 2.24) is 10.9 Å². The Balaban J connectivity index is 1.85. The molecule has 3 N–H and O–H groups in total. The first-order valence-corrected chi connectivity index (χ1v) is 8.31. The topological polar surface area (TPSA) is 106 Å². The zero-order chi connectivity index (χ0) is 19.6. The van der Waals surface area contributed by atoms with Gasteiger partial charge < -0.3 is 14.8 Å². The summed E-state index contributed by atoms with van der Waals surface area (Å²) in [4.78, 5) is 35.1. The fourth-order valence-electron chi connectivity index (χ4n) is 2.16. The Labute approximate surface area is 156 Å². The lowest BCUT2D eigenvalue weighted by atomic mass is 10.2. The van der Waals surface area contributed by atoms with Crippen LogP contribution in [0.2, 0.25) is 0 Å². The van der Waals surface area contributed by atoms with Crippen molar-refractivity contribution in [3.63, 3.8) is 0 Å². The number of carbonyl (C=O) groups excluding carboxylic acids is 3. The summed E-state index contributed by atoms with van der Waals surface area (Å²) in [6.07, 6.45) is 0. The molecule has 3 amide bonds. The normalized spacial score (nSPS) is 9.85. The van der Waals surface area contributed by atoms with Crippen LogP contribution in [0, 0.1) is 0 Å². The lowest BCUT2D eigenvalue weighted by Gasteiger charge is -2.12. The molecule has 27 heavy (non-hydrogen) atoms. The Kier molecular flexibility index (Phi) is 7.18. The minimum Gasteiger partial charge on any atom is -0.490 e. The van der Waals surface area contributed by atoms with Crippen molar-refractivity contribution >= 4 is 23.4 Å². The molecule has 0 radical (unpaired) electrons. The van der Waals surface area contributed by atoms with Crippen LogP contribution >= 0.6 is 0 Å². The molecule has 0 unspecified atom stereocenters. The average molecular weight is 371 g/mol. The monoisotopic (exact) mass is 371 g/mol. The fraction of sp³-hybridized carbons (Fsp3) is 0.211. The molecule has 0 aliphatic carbocycles. The second-order valence-corrected chi connectivity index (χ2v) is 5.43. The Bertz CT molecular complexity index is 822. The third kappa shape index (κ3) is 6.35. The Morgan fingerprint density at radius 1 is 0.926 bits per heavy atom. The Morgan fingerprint density at radius 2 is 1.63 bits per heavy atom. The number of hydrogen-bond acceptors (Lipinski definition) is 5. The Hall–Kier alpha value is -3.55. The molecule has 0 atom stereocenters. The van der Waals surface area contributed by atoms with Crippen molar-refractivity contribution < 1.29 is 23.9 Å². The molecule has 8 heteroatoms. The molecule has 0 bridgehead atoms. The van der Waals surface area contributed by atoms with Crippen LogP contribution in [0.5, 0.6) is 11.5 Å². The standard InChI is InChI=1S/C19H21N3O5/c1-3-26-16-9-4-5-10-17(16)27-12-18(24)21-22-19(25)14-7-6-8-15(11-14)20-13(2)23/h4-11H,3,12H2,1-2H3,(H,20,23)(H,21,24)(H,22,25). The van der Waals surface area contributed by atoms with Gasteiger partial charge in [0.05, 0.1) is 6.61 Å². The summed E-state index contributed by atoms with van der Waals surface area (Å²) in [5.74, 6) is -0.335. The van der Waals surface area contributed by atoms with E-state index in [4.69, 9.17) is 9.47 Å². The van der Waals surface area contributed by atoms with Gasteiger partial charge in [0.2, 0.25) is 5.91 Å². The average Bonchev–Trinajstić information content (AvgIpc) is 2.65. The molecule has 8 nitrogen and oxygen atoms in total. The van der Waals surface area contributed by atoms with E-state index in [9.17, 15) is 14.4 Å². The zero-order valence-electron chi connectivity index (χ0n) is 15.1. The SMILES string of the molecule is CCOc1ccccc1OCC(=O)NNC(=O)c1cccc(NC(C)=O)c1. The second-order valence-electron chi connectivity index (χ2n) is 5.43.